The third-order valence-electron chi connectivity index (χ3n) is 4.33. The summed E-state index contributed by atoms with van der Waals surface area (Å²) in [5, 5.41) is 9.43. The number of aryl methyl sites for hydroxylation is 1. The van der Waals surface area contributed by atoms with Gasteiger partial charge in [-0.3, -0.25) is 9.59 Å². The summed E-state index contributed by atoms with van der Waals surface area (Å²) in [6.45, 7) is 2.52. The van der Waals surface area contributed by atoms with Crippen molar-refractivity contribution in [2.75, 3.05) is 23.7 Å². The maximum Gasteiger partial charge on any atom is 0.287 e. The molecule has 9 heteroatoms. The fourth-order valence-corrected chi connectivity index (χ4v) is 2.96. The van der Waals surface area contributed by atoms with Gasteiger partial charge in [-0.15, -0.1) is 0 Å². The van der Waals surface area contributed by atoms with E-state index >= 15 is 0 Å². The molecule has 0 radical (unpaired) electrons. The number of aromatic nitrogens is 3. The van der Waals surface area contributed by atoms with Gasteiger partial charge in [0, 0.05) is 31.4 Å². The summed E-state index contributed by atoms with van der Waals surface area (Å²) in [7, 11) is 0. The molecule has 0 bridgehead atoms. The number of benzene rings is 1. The van der Waals surface area contributed by atoms with Crippen molar-refractivity contribution in [1.29, 1.82) is 0 Å². The van der Waals surface area contributed by atoms with Gasteiger partial charge in [-0.25, -0.2) is 15.0 Å². The molecule has 0 aliphatic heterocycles. The van der Waals surface area contributed by atoms with Gasteiger partial charge in [0.1, 0.15) is 28.9 Å². The van der Waals surface area contributed by atoms with Gasteiger partial charge >= 0.3 is 0 Å². The molecule has 156 valence electrons. The highest BCUT2D eigenvalue weighted by Gasteiger charge is 2.11. The molecule has 0 unspecified atom stereocenters. The van der Waals surface area contributed by atoms with E-state index < -0.39 is 5.91 Å². The van der Waals surface area contributed by atoms with Crippen molar-refractivity contribution < 1.29 is 9.21 Å². The van der Waals surface area contributed by atoms with Crippen molar-refractivity contribution in [3.05, 3.63) is 82.6 Å². The van der Waals surface area contributed by atoms with E-state index in [-0.39, 0.29) is 11.2 Å². The molecular formula is C22H20N6O3. The van der Waals surface area contributed by atoms with Crippen LogP contribution in [0.2, 0.25) is 0 Å². The van der Waals surface area contributed by atoms with Crippen molar-refractivity contribution in [2.45, 2.75) is 6.92 Å². The van der Waals surface area contributed by atoms with Gasteiger partial charge in [0.25, 0.3) is 5.91 Å². The Bertz CT molecular complexity index is 1270. The number of rotatable bonds is 7. The quantitative estimate of drug-likeness (QED) is 0.393. The highest BCUT2D eigenvalue weighted by Crippen LogP contribution is 2.15. The molecule has 1 aromatic carbocycles. The first-order chi connectivity index (χ1) is 15.1. The fraction of sp³-hybridized carbons (Fsp3) is 0.136. The predicted octanol–water partition coefficient (Wildman–Crippen LogP) is 2.87. The van der Waals surface area contributed by atoms with E-state index in [4.69, 9.17) is 4.42 Å². The molecule has 0 aliphatic rings. The lowest BCUT2D eigenvalue weighted by Crippen LogP contribution is -2.29. The monoisotopic (exact) mass is 416 g/mol. The molecular weight excluding hydrogens is 396 g/mol. The number of carbonyl (C=O) groups is 1. The number of fused-ring (bicyclic) bond motifs is 1. The molecule has 0 aliphatic carbocycles. The van der Waals surface area contributed by atoms with Crippen LogP contribution in [0.3, 0.4) is 0 Å². The predicted molar refractivity (Wildman–Crippen MR) is 118 cm³/mol. The summed E-state index contributed by atoms with van der Waals surface area (Å²) >= 11 is 0. The van der Waals surface area contributed by atoms with Crippen LogP contribution in [0.1, 0.15) is 16.4 Å². The molecule has 4 rings (SSSR count). The molecule has 3 N–H and O–H groups in total. The number of amides is 1. The van der Waals surface area contributed by atoms with Crippen LogP contribution in [0.5, 0.6) is 0 Å². The van der Waals surface area contributed by atoms with Crippen molar-refractivity contribution in [1.82, 2.24) is 20.3 Å². The zero-order valence-electron chi connectivity index (χ0n) is 16.8. The molecule has 0 atom stereocenters. The number of anilines is 3. The Labute approximate surface area is 177 Å². The number of hydrogen-bond donors (Lipinski definition) is 3. The molecule has 4 aromatic rings. The van der Waals surface area contributed by atoms with Crippen LogP contribution < -0.4 is 21.4 Å². The van der Waals surface area contributed by atoms with Gasteiger partial charge < -0.3 is 20.4 Å². The summed E-state index contributed by atoms with van der Waals surface area (Å²) in [6, 6.07) is 15.3. The number of carbonyl (C=O) groups excluding carboxylic acids is 1. The average Bonchev–Trinajstić information content (AvgIpc) is 2.77. The molecule has 3 heterocycles. The lowest BCUT2D eigenvalue weighted by molar-refractivity contribution is 0.0928. The fourth-order valence-electron chi connectivity index (χ4n) is 2.96. The van der Waals surface area contributed by atoms with Crippen LogP contribution in [0.4, 0.5) is 17.5 Å². The summed E-state index contributed by atoms with van der Waals surface area (Å²) in [5.41, 5.74) is 0.122. The van der Waals surface area contributed by atoms with E-state index in [0.29, 0.717) is 47.3 Å². The van der Waals surface area contributed by atoms with Crippen molar-refractivity contribution in [3.8, 4) is 0 Å². The molecule has 31 heavy (non-hydrogen) atoms. The van der Waals surface area contributed by atoms with Gasteiger partial charge in [0.05, 0.1) is 5.39 Å². The second kappa shape index (κ2) is 9.04. The second-order valence-electron chi connectivity index (χ2n) is 6.68. The Morgan fingerprint density at radius 1 is 0.968 bits per heavy atom. The third kappa shape index (κ3) is 5.02. The Morgan fingerprint density at radius 2 is 1.77 bits per heavy atom. The summed E-state index contributed by atoms with van der Waals surface area (Å²) in [4.78, 5) is 37.4. The Morgan fingerprint density at radius 3 is 2.61 bits per heavy atom. The van der Waals surface area contributed by atoms with E-state index in [1.54, 1.807) is 43.5 Å². The normalized spacial score (nSPS) is 10.6. The van der Waals surface area contributed by atoms with E-state index in [1.807, 2.05) is 18.2 Å². The first kappa shape index (κ1) is 20.0. The average molecular weight is 416 g/mol. The maximum atomic E-state index is 12.3. The van der Waals surface area contributed by atoms with E-state index in [1.165, 1.54) is 6.07 Å². The lowest BCUT2D eigenvalue weighted by Gasteiger charge is -2.10. The molecule has 9 nitrogen and oxygen atoms in total. The smallest absolute Gasteiger partial charge is 0.287 e. The van der Waals surface area contributed by atoms with Crippen LogP contribution in [0.15, 0.2) is 70.0 Å². The summed E-state index contributed by atoms with van der Waals surface area (Å²) < 4.78 is 5.54. The first-order valence-electron chi connectivity index (χ1n) is 9.67. The van der Waals surface area contributed by atoms with Crippen LogP contribution in [-0.2, 0) is 0 Å². The molecule has 1 amide bonds. The third-order valence-corrected chi connectivity index (χ3v) is 4.33. The number of pyridine rings is 1. The highest BCUT2D eigenvalue weighted by molar-refractivity contribution is 5.93. The van der Waals surface area contributed by atoms with Crippen LogP contribution in [-0.4, -0.2) is 33.9 Å². The van der Waals surface area contributed by atoms with E-state index in [9.17, 15) is 9.59 Å². The minimum absolute atomic E-state index is 0.0246. The van der Waals surface area contributed by atoms with Gasteiger partial charge in [0.2, 0.25) is 0 Å². The standard InChI is InChI=1S/C22H20N6O3/c1-14-26-20(13-21(27-14)28-19-8-4-5-9-23-19)24-10-11-25-22(30)18-12-16(29)15-6-2-3-7-17(15)31-18/h2-9,12-13H,10-11H2,1H3,(H,25,30)(H2,23,24,26,27,28). The van der Waals surface area contributed by atoms with Gasteiger partial charge in [-0.2, -0.15) is 0 Å². The minimum atomic E-state index is -0.457. The number of para-hydroxylation sites is 1. The second-order valence-corrected chi connectivity index (χ2v) is 6.68. The Kier molecular flexibility index (Phi) is 5.84. The lowest BCUT2D eigenvalue weighted by atomic mass is 10.2. The molecule has 0 saturated carbocycles. The van der Waals surface area contributed by atoms with Crippen molar-refractivity contribution >= 4 is 34.3 Å². The zero-order valence-corrected chi connectivity index (χ0v) is 16.8. The SMILES string of the molecule is Cc1nc(NCCNC(=O)c2cc(=O)c3ccccc3o2)cc(Nc2ccccn2)n1. The largest absolute Gasteiger partial charge is 0.451 e. The Hall–Kier alpha value is -4.27. The first-order valence-corrected chi connectivity index (χ1v) is 9.67. The summed E-state index contributed by atoms with van der Waals surface area (Å²) in [5.74, 6) is 2.00. The molecule has 0 saturated heterocycles. The van der Waals surface area contributed by atoms with E-state index in [2.05, 4.69) is 30.9 Å². The molecule has 0 spiro atoms. The van der Waals surface area contributed by atoms with E-state index in [0.717, 1.165) is 0 Å². The minimum Gasteiger partial charge on any atom is -0.451 e. The van der Waals surface area contributed by atoms with Crippen LogP contribution in [0.25, 0.3) is 11.0 Å². The van der Waals surface area contributed by atoms with Crippen molar-refractivity contribution in [3.63, 3.8) is 0 Å². The van der Waals surface area contributed by atoms with Crippen LogP contribution in [0, 0.1) is 6.92 Å². The van der Waals surface area contributed by atoms with Crippen molar-refractivity contribution in [2.24, 2.45) is 0 Å². The number of nitrogens with zero attached hydrogens (tertiary/aromatic N) is 3. The highest BCUT2D eigenvalue weighted by atomic mass is 16.3. The van der Waals surface area contributed by atoms with Gasteiger partial charge in [-0.05, 0) is 31.2 Å². The molecule has 0 fully saturated rings. The number of nitrogens with one attached hydrogen (secondary N) is 3. The topological polar surface area (TPSA) is 122 Å². The summed E-state index contributed by atoms with van der Waals surface area (Å²) in [6.07, 6.45) is 1.69. The maximum absolute atomic E-state index is 12.3. The Balaban J connectivity index is 1.34. The number of hydrogen-bond acceptors (Lipinski definition) is 8. The van der Waals surface area contributed by atoms with Gasteiger partial charge in [-0.1, -0.05) is 18.2 Å². The van der Waals surface area contributed by atoms with Gasteiger partial charge in [0.15, 0.2) is 11.2 Å². The zero-order chi connectivity index (χ0) is 21.6. The van der Waals surface area contributed by atoms with Crippen LogP contribution >= 0.6 is 0 Å². The molecule has 3 aromatic heterocycles.